The lowest BCUT2D eigenvalue weighted by Gasteiger charge is -2.27. The van der Waals surface area contributed by atoms with Crippen LogP contribution in [0, 0.1) is 0 Å². The van der Waals surface area contributed by atoms with E-state index in [9.17, 15) is 5.11 Å². The number of nitrogens with zero attached hydrogens (tertiary/aromatic N) is 1. The molecule has 0 aliphatic carbocycles. The second kappa shape index (κ2) is 6.44. The summed E-state index contributed by atoms with van der Waals surface area (Å²) < 4.78 is 0. The summed E-state index contributed by atoms with van der Waals surface area (Å²) in [6, 6.07) is 0.547. The number of aliphatic hydroxyl groups excluding tert-OH is 1. The fourth-order valence-electron chi connectivity index (χ4n) is 1.25. The highest BCUT2D eigenvalue weighted by atomic mass is 16.3. The molecule has 0 aromatic carbocycles. The summed E-state index contributed by atoms with van der Waals surface area (Å²) in [5.74, 6) is 0. The third-order valence-corrected chi connectivity index (χ3v) is 2.16. The summed E-state index contributed by atoms with van der Waals surface area (Å²) in [6.45, 7) is 10.5. The van der Waals surface area contributed by atoms with Gasteiger partial charge in [-0.3, -0.25) is 4.90 Å². The van der Waals surface area contributed by atoms with E-state index in [2.05, 4.69) is 25.7 Å². The smallest absolute Gasteiger partial charge is 0.0664 e. The van der Waals surface area contributed by atoms with E-state index in [1.165, 1.54) is 0 Å². The molecule has 0 aromatic rings. The largest absolute Gasteiger partial charge is 0.392 e. The van der Waals surface area contributed by atoms with Crippen molar-refractivity contribution >= 4 is 0 Å². The Morgan fingerprint density at radius 3 is 2.17 bits per heavy atom. The van der Waals surface area contributed by atoms with Crippen LogP contribution in [0.1, 0.15) is 40.5 Å². The molecule has 12 heavy (non-hydrogen) atoms. The predicted octanol–water partition coefficient (Wildman–Crippen LogP) is 1.88. The van der Waals surface area contributed by atoms with Crippen molar-refractivity contribution in [2.24, 2.45) is 0 Å². The second-order valence-corrected chi connectivity index (χ2v) is 3.65. The molecule has 0 amide bonds. The molecule has 0 saturated carbocycles. The van der Waals surface area contributed by atoms with E-state index in [1.54, 1.807) is 0 Å². The minimum absolute atomic E-state index is 0.154. The van der Waals surface area contributed by atoms with E-state index in [0.717, 1.165) is 25.9 Å². The second-order valence-electron chi connectivity index (χ2n) is 3.65. The van der Waals surface area contributed by atoms with Gasteiger partial charge in [-0.05, 0) is 33.2 Å². The first-order chi connectivity index (χ1) is 5.61. The molecular weight excluding hydrogens is 150 g/mol. The van der Waals surface area contributed by atoms with Gasteiger partial charge in [0.05, 0.1) is 6.10 Å². The summed E-state index contributed by atoms with van der Waals surface area (Å²) in [6.07, 6.45) is 1.86. The van der Waals surface area contributed by atoms with Crippen LogP contribution in [0.25, 0.3) is 0 Å². The Morgan fingerprint density at radius 2 is 1.83 bits per heavy atom. The van der Waals surface area contributed by atoms with E-state index >= 15 is 0 Å². The van der Waals surface area contributed by atoms with Gasteiger partial charge in [-0.2, -0.15) is 0 Å². The fourth-order valence-corrected chi connectivity index (χ4v) is 1.25. The number of aliphatic hydroxyl groups is 1. The monoisotopic (exact) mass is 173 g/mol. The highest BCUT2D eigenvalue weighted by Gasteiger charge is 2.11. The average molecular weight is 173 g/mol. The Kier molecular flexibility index (Phi) is 6.39. The van der Waals surface area contributed by atoms with Crippen LogP contribution < -0.4 is 0 Å². The van der Waals surface area contributed by atoms with Crippen LogP contribution >= 0.6 is 0 Å². The first-order valence-corrected chi connectivity index (χ1v) is 5.03. The van der Waals surface area contributed by atoms with E-state index in [1.807, 2.05) is 6.92 Å². The highest BCUT2D eigenvalue weighted by molar-refractivity contribution is 4.66. The topological polar surface area (TPSA) is 23.5 Å². The highest BCUT2D eigenvalue weighted by Crippen LogP contribution is 2.02. The quantitative estimate of drug-likeness (QED) is 0.663. The molecule has 0 bridgehead atoms. The van der Waals surface area contributed by atoms with Gasteiger partial charge in [0, 0.05) is 12.6 Å². The van der Waals surface area contributed by atoms with Crippen molar-refractivity contribution in [1.82, 2.24) is 4.90 Å². The molecule has 2 heteroatoms. The van der Waals surface area contributed by atoms with Gasteiger partial charge in [0.1, 0.15) is 0 Å². The summed E-state index contributed by atoms with van der Waals surface area (Å²) in [5, 5.41) is 9.46. The van der Waals surface area contributed by atoms with Gasteiger partial charge in [0.25, 0.3) is 0 Å². The molecule has 0 radical (unpaired) electrons. The van der Waals surface area contributed by atoms with Crippen LogP contribution in [0.2, 0.25) is 0 Å². The number of hydrogen-bond acceptors (Lipinski definition) is 2. The van der Waals surface area contributed by atoms with Crippen molar-refractivity contribution in [2.75, 3.05) is 13.1 Å². The Balaban J connectivity index is 3.77. The molecule has 0 saturated heterocycles. The van der Waals surface area contributed by atoms with Crippen LogP contribution in [0.15, 0.2) is 0 Å². The van der Waals surface area contributed by atoms with Crippen LogP contribution in [-0.4, -0.2) is 35.2 Å². The molecular formula is C10H23NO. The molecule has 0 aromatic heterocycles. The molecule has 0 fully saturated rings. The van der Waals surface area contributed by atoms with Gasteiger partial charge < -0.3 is 5.11 Å². The summed E-state index contributed by atoms with van der Waals surface area (Å²) in [4.78, 5) is 2.33. The van der Waals surface area contributed by atoms with E-state index < -0.39 is 0 Å². The van der Waals surface area contributed by atoms with Crippen LogP contribution in [-0.2, 0) is 0 Å². The normalized spacial score (nSPS) is 14.2. The standard InChI is InChI=1S/C10H23NO/c1-5-7-11(9(3)4)8-10(12)6-2/h9-10,12H,5-8H2,1-4H3. The third kappa shape index (κ3) is 4.73. The van der Waals surface area contributed by atoms with Gasteiger partial charge in [0.15, 0.2) is 0 Å². The zero-order valence-corrected chi connectivity index (χ0v) is 8.88. The molecule has 0 rings (SSSR count). The van der Waals surface area contributed by atoms with Gasteiger partial charge in [0.2, 0.25) is 0 Å². The Hall–Kier alpha value is -0.0800. The minimum atomic E-state index is -0.154. The van der Waals surface area contributed by atoms with Crippen molar-refractivity contribution in [1.29, 1.82) is 0 Å². The summed E-state index contributed by atoms with van der Waals surface area (Å²) in [5.41, 5.74) is 0. The van der Waals surface area contributed by atoms with E-state index in [-0.39, 0.29) is 6.10 Å². The van der Waals surface area contributed by atoms with Crippen LogP contribution in [0.3, 0.4) is 0 Å². The molecule has 0 aliphatic heterocycles. The molecule has 74 valence electrons. The van der Waals surface area contributed by atoms with Crippen molar-refractivity contribution < 1.29 is 5.11 Å². The first kappa shape index (κ1) is 11.9. The third-order valence-electron chi connectivity index (χ3n) is 2.16. The molecule has 0 spiro atoms. The van der Waals surface area contributed by atoms with E-state index in [0.29, 0.717) is 6.04 Å². The molecule has 1 atom stereocenters. The lowest BCUT2D eigenvalue weighted by molar-refractivity contribution is 0.0927. The summed E-state index contributed by atoms with van der Waals surface area (Å²) in [7, 11) is 0. The maximum atomic E-state index is 9.46. The Morgan fingerprint density at radius 1 is 1.25 bits per heavy atom. The molecule has 2 nitrogen and oxygen atoms in total. The molecule has 0 aliphatic rings. The molecule has 1 N–H and O–H groups in total. The van der Waals surface area contributed by atoms with Gasteiger partial charge in [-0.15, -0.1) is 0 Å². The lowest BCUT2D eigenvalue weighted by atomic mass is 10.2. The van der Waals surface area contributed by atoms with Crippen molar-refractivity contribution in [3.8, 4) is 0 Å². The Labute approximate surface area is 76.6 Å². The Bertz CT molecular complexity index is 104. The maximum absolute atomic E-state index is 9.46. The molecule has 1 unspecified atom stereocenters. The predicted molar refractivity (Wildman–Crippen MR) is 53.3 cm³/mol. The fraction of sp³-hybridized carbons (Fsp3) is 1.00. The molecule has 0 heterocycles. The van der Waals surface area contributed by atoms with Crippen molar-refractivity contribution in [3.05, 3.63) is 0 Å². The zero-order chi connectivity index (χ0) is 9.56. The average Bonchev–Trinajstić information content (AvgIpc) is 2.03. The minimum Gasteiger partial charge on any atom is -0.392 e. The van der Waals surface area contributed by atoms with Gasteiger partial charge >= 0.3 is 0 Å². The first-order valence-electron chi connectivity index (χ1n) is 5.03. The van der Waals surface area contributed by atoms with Gasteiger partial charge in [-0.25, -0.2) is 0 Å². The van der Waals surface area contributed by atoms with Crippen molar-refractivity contribution in [3.63, 3.8) is 0 Å². The van der Waals surface area contributed by atoms with E-state index in [4.69, 9.17) is 0 Å². The van der Waals surface area contributed by atoms with Gasteiger partial charge in [-0.1, -0.05) is 13.8 Å². The zero-order valence-electron chi connectivity index (χ0n) is 8.88. The maximum Gasteiger partial charge on any atom is 0.0664 e. The summed E-state index contributed by atoms with van der Waals surface area (Å²) >= 11 is 0. The number of rotatable bonds is 6. The van der Waals surface area contributed by atoms with Crippen LogP contribution in [0.5, 0.6) is 0 Å². The van der Waals surface area contributed by atoms with Crippen molar-refractivity contribution in [2.45, 2.75) is 52.7 Å². The van der Waals surface area contributed by atoms with Crippen LogP contribution in [0.4, 0.5) is 0 Å². The number of hydrogen-bond donors (Lipinski definition) is 1. The SMILES string of the molecule is CCCN(CC(O)CC)C(C)C. The lowest BCUT2D eigenvalue weighted by Crippen LogP contribution is -2.37.